The minimum atomic E-state index is 0. The highest BCUT2D eigenvalue weighted by molar-refractivity contribution is 5.85. The molecule has 4 rings (SSSR count). The van der Waals surface area contributed by atoms with Crippen LogP contribution in [0.15, 0.2) is 18.2 Å². The molecule has 0 bridgehead atoms. The molecule has 0 atom stereocenters. The summed E-state index contributed by atoms with van der Waals surface area (Å²) in [5.74, 6) is 0.308. The third-order valence-corrected chi connectivity index (χ3v) is 4.35. The first kappa shape index (κ1) is 13.7. The maximum Gasteiger partial charge on any atom is 0.238 e. The summed E-state index contributed by atoms with van der Waals surface area (Å²) in [6.07, 6.45) is 3.51. The molecule has 5 heteroatoms. The standard InChI is InChI=1S/C15H19N3O.ClH/c19-14-9-17(10-18(14)13-4-5-13)8-12-3-1-2-11-6-7-16-15(11)12;/h1-3,13,16H,4-10H2;1H. The predicted octanol–water partition coefficient (Wildman–Crippen LogP) is 1.84. The Kier molecular flexibility index (Phi) is 3.61. The lowest BCUT2D eigenvalue weighted by molar-refractivity contribution is -0.127. The van der Waals surface area contributed by atoms with Crippen molar-refractivity contribution in [2.24, 2.45) is 0 Å². The molecule has 1 saturated heterocycles. The SMILES string of the molecule is Cl.O=C1CN(Cc2cccc3c2NCC3)CN1C1CC1. The number of para-hydroxylation sites is 1. The van der Waals surface area contributed by atoms with E-state index in [0.717, 1.165) is 26.2 Å². The predicted molar refractivity (Wildman–Crippen MR) is 81.0 cm³/mol. The molecule has 0 unspecified atom stereocenters. The van der Waals surface area contributed by atoms with Crippen LogP contribution in [0.2, 0.25) is 0 Å². The van der Waals surface area contributed by atoms with Gasteiger partial charge in [0.25, 0.3) is 0 Å². The third kappa shape index (κ3) is 2.38. The van der Waals surface area contributed by atoms with Gasteiger partial charge in [-0.1, -0.05) is 18.2 Å². The summed E-state index contributed by atoms with van der Waals surface area (Å²) in [7, 11) is 0. The van der Waals surface area contributed by atoms with Crippen molar-refractivity contribution >= 4 is 24.0 Å². The van der Waals surface area contributed by atoms with Crippen LogP contribution in [0.1, 0.15) is 24.0 Å². The molecule has 0 spiro atoms. The fourth-order valence-electron chi connectivity index (χ4n) is 3.22. The van der Waals surface area contributed by atoms with E-state index in [4.69, 9.17) is 0 Å². The van der Waals surface area contributed by atoms with E-state index in [1.54, 1.807) is 0 Å². The Morgan fingerprint density at radius 3 is 2.95 bits per heavy atom. The number of halogens is 1. The van der Waals surface area contributed by atoms with Crippen LogP contribution in [0.25, 0.3) is 0 Å². The summed E-state index contributed by atoms with van der Waals surface area (Å²) in [5, 5.41) is 3.48. The molecule has 2 heterocycles. The second-order valence-electron chi connectivity index (χ2n) is 5.85. The third-order valence-electron chi connectivity index (χ3n) is 4.35. The van der Waals surface area contributed by atoms with Crippen LogP contribution in [-0.2, 0) is 17.8 Å². The van der Waals surface area contributed by atoms with Crippen molar-refractivity contribution < 1.29 is 4.79 Å². The first-order valence-electron chi connectivity index (χ1n) is 7.18. The molecular weight excluding hydrogens is 274 g/mol. The number of hydrogen-bond acceptors (Lipinski definition) is 3. The van der Waals surface area contributed by atoms with Crippen molar-refractivity contribution in [3.63, 3.8) is 0 Å². The average molecular weight is 294 g/mol. The molecule has 20 heavy (non-hydrogen) atoms. The van der Waals surface area contributed by atoms with Gasteiger partial charge in [-0.15, -0.1) is 12.4 Å². The van der Waals surface area contributed by atoms with Gasteiger partial charge >= 0.3 is 0 Å². The Morgan fingerprint density at radius 2 is 2.15 bits per heavy atom. The van der Waals surface area contributed by atoms with Crippen LogP contribution < -0.4 is 5.32 Å². The van der Waals surface area contributed by atoms with E-state index >= 15 is 0 Å². The summed E-state index contributed by atoms with van der Waals surface area (Å²) >= 11 is 0. The van der Waals surface area contributed by atoms with E-state index < -0.39 is 0 Å². The molecule has 1 aliphatic carbocycles. The van der Waals surface area contributed by atoms with Crippen molar-refractivity contribution in [1.29, 1.82) is 0 Å². The highest BCUT2D eigenvalue weighted by atomic mass is 35.5. The van der Waals surface area contributed by atoms with Gasteiger partial charge in [0.1, 0.15) is 0 Å². The molecule has 4 nitrogen and oxygen atoms in total. The van der Waals surface area contributed by atoms with Gasteiger partial charge in [0.15, 0.2) is 0 Å². The lowest BCUT2D eigenvalue weighted by Crippen LogP contribution is -2.29. The second kappa shape index (κ2) is 5.26. The Labute approximate surface area is 125 Å². The maximum absolute atomic E-state index is 12.0. The summed E-state index contributed by atoms with van der Waals surface area (Å²) in [6.45, 7) is 3.32. The Morgan fingerprint density at radius 1 is 1.30 bits per heavy atom. The molecule has 2 fully saturated rings. The normalized spacial score (nSPS) is 21.6. The first-order chi connectivity index (χ1) is 9.31. The Bertz CT molecular complexity index is 530. The van der Waals surface area contributed by atoms with Crippen molar-refractivity contribution in [2.45, 2.75) is 31.8 Å². The largest absolute Gasteiger partial charge is 0.384 e. The van der Waals surface area contributed by atoms with E-state index in [0.29, 0.717) is 18.5 Å². The van der Waals surface area contributed by atoms with Crippen LogP contribution in [0.5, 0.6) is 0 Å². The Balaban J connectivity index is 0.00000121. The monoisotopic (exact) mass is 293 g/mol. The number of benzene rings is 1. The summed E-state index contributed by atoms with van der Waals surface area (Å²) in [6, 6.07) is 7.06. The fraction of sp³-hybridized carbons (Fsp3) is 0.533. The zero-order valence-corrected chi connectivity index (χ0v) is 12.3. The number of fused-ring (bicyclic) bond motifs is 1. The topological polar surface area (TPSA) is 35.6 Å². The molecule has 108 valence electrons. The number of carbonyl (C=O) groups is 1. The minimum absolute atomic E-state index is 0. The van der Waals surface area contributed by atoms with Crippen molar-refractivity contribution in [3.05, 3.63) is 29.3 Å². The van der Waals surface area contributed by atoms with Crippen molar-refractivity contribution in [1.82, 2.24) is 9.80 Å². The highest BCUT2D eigenvalue weighted by Crippen LogP contribution is 2.31. The number of hydrogen-bond donors (Lipinski definition) is 1. The number of nitrogens with one attached hydrogen (secondary N) is 1. The number of nitrogens with zero attached hydrogens (tertiary/aromatic N) is 2. The summed E-state index contributed by atoms with van der Waals surface area (Å²) < 4.78 is 0. The van der Waals surface area contributed by atoms with Gasteiger partial charge in [-0.2, -0.15) is 0 Å². The van der Waals surface area contributed by atoms with E-state index in [1.807, 2.05) is 0 Å². The van der Waals surface area contributed by atoms with Crippen molar-refractivity contribution in [3.8, 4) is 0 Å². The number of anilines is 1. The summed E-state index contributed by atoms with van der Waals surface area (Å²) in [4.78, 5) is 16.3. The smallest absolute Gasteiger partial charge is 0.238 e. The van der Waals surface area contributed by atoms with Crippen LogP contribution in [0.4, 0.5) is 5.69 Å². The number of carbonyl (C=O) groups excluding carboxylic acids is 1. The molecule has 1 aromatic rings. The van der Waals surface area contributed by atoms with E-state index in [2.05, 4.69) is 33.3 Å². The van der Waals surface area contributed by atoms with E-state index in [9.17, 15) is 4.79 Å². The van der Waals surface area contributed by atoms with Gasteiger partial charge in [-0.05, 0) is 30.4 Å². The molecule has 2 aliphatic heterocycles. The Hall–Kier alpha value is -1.26. The molecule has 1 aromatic carbocycles. The fourth-order valence-corrected chi connectivity index (χ4v) is 3.22. The molecule has 1 saturated carbocycles. The lowest BCUT2D eigenvalue weighted by Gasteiger charge is -2.19. The molecule has 3 aliphatic rings. The molecule has 0 aromatic heterocycles. The van der Waals surface area contributed by atoms with Crippen LogP contribution >= 0.6 is 12.4 Å². The molecule has 1 N–H and O–H groups in total. The highest BCUT2D eigenvalue weighted by Gasteiger charge is 2.38. The molecule has 1 amide bonds. The zero-order valence-electron chi connectivity index (χ0n) is 11.5. The average Bonchev–Trinajstić information content (AvgIpc) is 3.00. The maximum atomic E-state index is 12.0. The van der Waals surface area contributed by atoms with Crippen LogP contribution in [0, 0.1) is 0 Å². The van der Waals surface area contributed by atoms with Gasteiger partial charge in [-0.25, -0.2) is 0 Å². The molecule has 0 radical (unpaired) electrons. The quantitative estimate of drug-likeness (QED) is 0.924. The van der Waals surface area contributed by atoms with Crippen LogP contribution in [0.3, 0.4) is 0 Å². The van der Waals surface area contributed by atoms with Gasteiger partial charge < -0.3 is 10.2 Å². The van der Waals surface area contributed by atoms with E-state index in [1.165, 1.54) is 29.7 Å². The first-order valence-corrected chi connectivity index (χ1v) is 7.18. The number of rotatable bonds is 3. The van der Waals surface area contributed by atoms with Gasteiger partial charge in [0.05, 0.1) is 13.2 Å². The number of amides is 1. The minimum Gasteiger partial charge on any atom is -0.384 e. The van der Waals surface area contributed by atoms with E-state index in [-0.39, 0.29) is 12.4 Å². The van der Waals surface area contributed by atoms with Crippen LogP contribution in [-0.4, -0.2) is 41.5 Å². The molecular formula is C15H20ClN3O. The second-order valence-corrected chi connectivity index (χ2v) is 5.85. The van der Waals surface area contributed by atoms with Crippen molar-refractivity contribution in [2.75, 3.05) is 25.1 Å². The zero-order chi connectivity index (χ0) is 12.8. The van der Waals surface area contributed by atoms with Gasteiger partial charge in [-0.3, -0.25) is 9.69 Å². The lowest BCUT2D eigenvalue weighted by atomic mass is 10.1. The summed E-state index contributed by atoms with van der Waals surface area (Å²) in [5.41, 5.74) is 4.06. The van der Waals surface area contributed by atoms with Gasteiger partial charge in [0, 0.05) is 24.8 Å². The van der Waals surface area contributed by atoms with Gasteiger partial charge in [0.2, 0.25) is 5.91 Å².